The zero-order valence-electron chi connectivity index (χ0n) is 8.62. The second-order valence-electron chi connectivity index (χ2n) is 4.36. The molecule has 1 saturated carbocycles. The molecule has 86 valence electrons. The van der Waals surface area contributed by atoms with E-state index in [1.807, 2.05) is 0 Å². The van der Waals surface area contributed by atoms with E-state index in [0.717, 1.165) is 30.1 Å². The van der Waals surface area contributed by atoms with E-state index in [1.165, 1.54) is 0 Å². The zero-order chi connectivity index (χ0) is 10.9. The average molecular weight is 325 g/mol. The second-order valence-corrected chi connectivity index (χ2v) is 5.44. The molecule has 0 atom stereocenters. The van der Waals surface area contributed by atoms with Crippen molar-refractivity contribution in [1.29, 1.82) is 0 Å². The fraction of sp³-hybridized carbons (Fsp3) is 0.900. The first-order chi connectivity index (χ1) is 7.18. The maximum absolute atomic E-state index is 11.2. The fourth-order valence-corrected chi connectivity index (χ4v) is 3.16. The van der Waals surface area contributed by atoms with E-state index in [2.05, 4.69) is 22.6 Å². The van der Waals surface area contributed by atoms with Crippen LogP contribution in [0.3, 0.4) is 0 Å². The van der Waals surface area contributed by atoms with Crippen molar-refractivity contribution in [1.82, 2.24) is 4.90 Å². The van der Waals surface area contributed by atoms with Crippen LogP contribution in [0.2, 0.25) is 0 Å². The van der Waals surface area contributed by atoms with E-state index in [9.17, 15) is 9.90 Å². The molecule has 0 radical (unpaired) electrons. The summed E-state index contributed by atoms with van der Waals surface area (Å²) < 4.78 is 6.49. The number of halogens is 1. The Morgan fingerprint density at radius 3 is 2.60 bits per heavy atom. The van der Waals surface area contributed by atoms with Gasteiger partial charge in [-0.05, 0) is 25.7 Å². The molecule has 2 bridgehead atoms. The highest BCUT2D eigenvalue weighted by Crippen LogP contribution is 2.40. The quantitative estimate of drug-likeness (QED) is 0.639. The highest BCUT2D eigenvalue weighted by atomic mass is 127. The summed E-state index contributed by atoms with van der Waals surface area (Å²) in [6.07, 6.45) is 3.58. The first-order valence-electron chi connectivity index (χ1n) is 5.36. The molecule has 0 spiro atoms. The van der Waals surface area contributed by atoms with Crippen LogP contribution in [0.5, 0.6) is 0 Å². The Morgan fingerprint density at radius 1 is 1.53 bits per heavy atom. The Hall–Kier alpha value is -0.0400. The average Bonchev–Trinajstić information content (AvgIpc) is 2.28. The van der Waals surface area contributed by atoms with Crippen molar-refractivity contribution < 1.29 is 14.6 Å². The lowest BCUT2D eigenvalue weighted by molar-refractivity contribution is -0.125. The number of rotatable bonds is 3. The Morgan fingerprint density at radius 2 is 2.20 bits per heavy atom. The lowest BCUT2D eigenvalue weighted by Gasteiger charge is -2.51. The number of fused-ring (bicyclic) bond motifs is 3. The van der Waals surface area contributed by atoms with Crippen LogP contribution in [-0.2, 0) is 4.74 Å². The molecule has 2 heterocycles. The molecule has 1 amide bonds. The normalized spacial score (nSPS) is 34.1. The molecule has 5 heteroatoms. The van der Waals surface area contributed by atoms with Gasteiger partial charge in [-0.1, -0.05) is 22.6 Å². The third-order valence-corrected chi connectivity index (χ3v) is 4.05. The maximum Gasteiger partial charge on any atom is 0.407 e. The van der Waals surface area contributed by atoms with Crippen molar-refractivity contribution >= 4 is 28.7 Å². The molecule has 0 aromatic carbocycles. The predicted molar refractivity (Wildman–Crippen MR) is 64.6 cm³/mol. The van der Waals surface area contributed by atoms with Gasteiger partial charge in [-0.15, -0.1) is 0 Å². The Labute approximate surface area is 103 Å². The molecule has 0 aromatic heterocycles. The van der Waals surface area contributed by atoms with E-state index in [0.29, 0.717) is 19.3 Å². The largest absolute Gasteiger partial charge is 0.465 e. The molecule has 1 aliphatic carbocycles. The van der Waals surface area contributed by atoms with Gasteiger partial charge in [0.05, 0.1) is 18.2 Å². The molecule has 15 heavy (non-hydrogen) atoms. The number of carboxylic acid groups (broad SMARTS) is 1. The van der Waals surface area contributed by atoms with Gasteiger partial charge in [0, 0.05) is 11.0 Å². The summed E-state index contributed by atoms with van der Waals surface area (Å²) in [5.41, 5.74) is -0.217. The minimum atomic E-state index is -0.796. The lowest BCUT2D eigenvalue weighted by Crippen LogP contribution is -2.61. The Balaban J connectivity index is 2.13. The van der Waals surface area contributed by atoms with E-state index < -0.39 is 6.09 Å². The molecule has 4 nitrogen and oxygen atoms in total. The molecule has 0 unspecified atom stereocenters. The summed E-state index contributed by atoms with van der Waals surface area (Å²) in [5.74, 6) is 0. The standard InChI is InChI=1S/C10H16INO3/c11-5-6-12(9(13)14)10-3-1-8(2-4-10)15-7-10/h8H,1-7H2,(H,13,14). The van der Waals surface area contributed by atoms with Crippen molar-refractivity contribution in [2.75, 3.05) is 17.6 Å². The second kappa shape index (κ2) is 4.45. The van der Waals surface area contributed by atoms with Crippen molar-refractivity contribution in [3.63, 3.8) is 0 Å². The third-order valence-electron chi connectivity index (χ3n) is 3.56. The van der Waals surface area contributed by atoms with Crippen LogP contribution in [0, 0.1) is 0 Å². The minimum Gasteiger partial charge on any atom is -0.465 e. The maximum atomic E-state index is 11.2. The van der Waals surface area contributed by atoms with Gasteiger partial charge in [-0.2, -0.15) is 0 Å². The molecular formula is C10H16INO3. The van der Waals surface area contributed by atoms with Crippen molar-refractivity contribution in [2.45, 2.75) is 37.3 Å². The van der Waals surface area contributed by atoms with Gasteiger partial charge < -0.3 is 9.84 Å². The Kier molecular flexibility index (Phi) is 3.39. The smallest absolute Gasteiger partial charge is 0.407 e. The minimum absolute atomic E-state index is 0.217. The third kappa shape index (κ3) is 2.08. The topological polar surface area (TPSA) is 49.8 Å². The number of nitrogens with zero attached hydrogens (tertiary/aromatic N) is 1. The van der Waals surface area contributed by atoms with Crippen LogP contribution in [0.4, 0.5) is 4.79 Å². The van der Waals surface area contributed by atoms with Gasteiger partial charge in [-0.3, -0.25) is 4.90 Å². The van der Waals surface area contributed by atoms with Crippen molar-refractivity contribution in [3.8, 4) is 0 Å². The lowest BCUT2D eigenvalue weighted by atomic mass is 9.77. The molecule has 0 aromatic rings. The summed E-state index contributed by atoms with van der Waals surface area (Å²) >= 11 is 2.22. The van der Waals surface area contributed by atoms with Gasteiger partial charge >= 0.3 is 6.09 Å². The number of ether oxygens (including phenoxy) is 1. The van der Waals surface area contributed by atoms with Crippen molar-refractivity contribution in [3.05, 3.63) is 0 Å². The van der Waals surface area contributed by atoms with Crippen LogP contribution in [0.1, 0.15) is 25.7 Å². The van der Waals surface area contributed by atoms with Crippen LogP contribution in [0.15, 0.2) is 0 Å². The zero-order valence-corrected chi connectivity index (χ0v) is 10.8. The van der Waals surface area contributed by atoms with E-state index in [4.69, 9.17) is 4.74 Å². The van der Waals surface area contributed by atoms with E-state index in [-0.39, 0.29) is 5.54 Å². The van der Waals surface area contributed by atoms with Crippen LogP contribution in [-0.4, -0.2) is 45.3 Å². The molecular weight excluding hydrogens is 309 g/mol. The van der Waals surface area contributed by atoms with Crippen molar-refractivity contribution in [2.24, 2.45) is 0 Å². The molecule has 3 rings (SSSR count). The number of carbonyl (C=O) groups is 1. The van der Waals surface area contributed by atoms with Crippen LogP contribution in [0.25, 0.3) is 0 Å². The first-order valence-corrected chi connectivity index (χ1v) is 6.89. The summed E-state index contributed by atoms with van der Waals surface area (Å²) in [6, 6.07) is 0. The predicted octanol–water partition coefficient (Wildman–Crippen LogP) is 2.11. The van der Waals surface area contributed by atoms with Gasteiger partial charge in [0.2, 0.25) is 0 Å². The summed E-state index contributed by atoms with van der Waals surface area (Å²) in [7, 11) is 0. The molecule has 3 fully saturated rings. The summed E-state index contributed by atoms with van der Waals surface area (Å²) in [6.45, 7) is 1.21. The van der Waals surface area contributed by atoms with Gasteiger partial charge in [0.15, 0.2) is 0 Å². The van der Waals surface area contributed by atoms with Crippen LogP contribution >= 0.6 is 22.6 Å². The molecule has 2 saturated heterocycles. The molecule has 2 aliphatic heterocycles. The summed E-state index contributed by atoms with van der Waals surface area (Å²) in [5, 5.41) is 9.24. The first kappa shape index (κ1) is 11.4. The van der Waals surface area contributed by atoms with E-state index >= 15 is 0 Å². The fourth-order valence-electron chi connectivity index (χ4n) is 2.68. The molecule has 1 N–H and O–H groups in total. The molecule has 3 aliphatic rings. The van der Waals surface area contributed by atoms with Gasteiger partial charge in [0.25, 0.3) is 0 Å². The monoisotopic (exact) mass is 325 g/mol. The summed E-state index contributed by atoms with van der Waals surface area (Å²) in [4.78, 5) is 12.8. The number of hydrogen-bond acceptors (Lipinski definition) is 2. The highest BCUT2D eigenvalue weighted by Gasteiger charge is 2.47. The Bertz CT molecular complexity index is 237. The SMILES string of the molecule is O=C(O)N(CCI)C12CCC(CC1)OC2. The van der Waals surface area contributed by atoms with Crippen LogP contribution < -0.4 is 0 Å². The number of hydrogen-bond donors (Lipinski definition) is 1. The van der Waals surface area contributed by atoms with Gasteiger partial charge in [0.1, 0.15) is 0 Å². The number of alkyl halides is 1. The number of amides is 1. The van der Waals surface area contributed by atoms with E-state index in [1.54, 1.807) is 4.90 Å². The highest BCUT2D eigenvalue weighted by molar-refractivity contribution is 14.1. The van der Waals surface area contributed by atoms with Gasteiger partial charge in [-0.25, -0.2) is 4.79 Å².